The van der Waals surface area contributed by atoms with Gasteiger partial charge in [0.25, 0.3) is 5.91 Å². The van der Waals surface area contributed by atoms with Crippen LogP contribution in [0.2, 0.25) is 0 Å². The number of likely N-dealkylation sites (tertiary alicyclic amines) is 1. The summed E-state index contributed by atoms with van der Waals surface area (Å²) < 4.78 is 0. The summed E-state index contributed by atoms with van der Waals surface area (Å²) in [7, 11) is 1.65. The fraction of sp³-hybridized carbons (Fsp3) is 0.391. The zero-order valence-electron chi connectivity index (χ0n) is 17.5. The minimum atomic E-state index is -0.125. The van der Waals surface area contributed by atoms with Gasteiger partial charge < -0.3 is 15.6 Å². The van der Waals surface area contributed by atoms with Crippen LogP contribution in [-0.2, 0) is 0 Å². The zero-order chi connectivity index (χ0) is 20.8. The van der Waals surface area contributed by atoms with Crippen molar-refractivity contribution in [3.8, 4) is 0 Å². The van der Waals surface area contributed by atoms with Crippen molar-refractivity contribution in [2.45, 2.75) is 38.8 Å². The van der Waals surface area contributed by atoms with E-state index in [4.69, 9.17) is 0 Å². The van der Waals surface area contributed by atoms with Gasteiger partial charge in [-0.05, 0) is 38.3 Å². The molecule has 3 heterocycles. The van der Waals surface area contributed by atoms with Gasteiger partial charge in [-0.3, -0.25) is 9.69 Å². The Morgan fingerprint density at radius 3 is 3.00 bits per heavy atom. The third-order valence-electron chi connectivity index (χ3n) is 5.62. The number of anilines is 1. The van der Waals surface area contributed by atoms with E-state index in [-0.39, 0.29) is 5.91 Å². The van der Waals surface area contributed by atoms with Gasteiger partial charge in [0.1, 0.15) is 5.65 Å². The maximum atomic E-state index is 12.4. The molecule has 1 aliphatic rings. The number of H-pyrrole nitrogens is 1. The number of hydrogen-bond donors (Lipinski definition) is 3. The van der Waals surface area contributed by atoms with E-state index in [0.717, 1.165) is 42.7 Å². The number of piperidine rings is 1. The van der Waals surface area contributed by atoms with Crippen molar-refractivity contribution in [1.29, 1.82) is 0 Å². The number of nitrogens with zero attached hydrogens (tertiary/aromatic N) is 2. The first kappa shape index (κ1) is 20.9. The first-order valence-electron chi connectivity index (χ1n) is 10.2. The molecule has 29 heavy (non-hydrogen) atoms. The molecule has 1 fully saturated rings. The average molecular weight is 394 g/mol. The number of amides is 1. The summed E-state index contributed by atoms with van der Waals surface area (Å²) in [6, 6.07) is 2.73. The lowest BCUT2D eigenvalue weighted by atomic mass is 9.96. The van der Waals surface area contributed by atoms with Crippen LogP contribution in [-0.4, -0.2) is 53.0 Å². The van der Waals surface area contributed by atoms with Gasteiger partial charge in [-0.2, -0.15) is 0 Å². The van der Waals surface area contributed by atoms with E-state index >= 15 is 0 Å². The number of aromatic amines is 1. The van der Waals surface area contributed by atoms with Gasteiger partial charge in [-0.15, -0.1) is 0 Å². The summed E-state index contributed by atoms with van der Waals surface area (Å²) in [6.07, 6.45) is 13.6. The van der Waals surface area contributed by atoms with Crippen LogP contribution in [0.5, 0.6) is 0 Å². The molecule has 0 unspecified atom stereocenters. The van der Waals surface area contributed by atoms with Crippen LogP contribution < -0.4 is 10.6 Å². The summed E-state index contributed by atoms with van der Waals surface area (Å²) in [5.41, 5.74) is 3.54. The SMILES string of the molecule is C=C/C=C\C(=C/C)CN1CC[C@@H](Nc2c(C(=O)NC)cnc3[nH]ccc23)C[C@H]1C. The number of nitrogens with one attached hydrogen (secondary N) is 3. The standard InChI is InChI=1S/C23H31N5O/c1-5-7-8-17(6-2)15-28-12-10-18(13-16(28)3)27-21-19-9-11-25-22(19)26-14-20(21)23(29)24-4/h5-9,11,14,16,18H,1,10,12-13,15H2,2-4H3,(H,24,29)(H2,25,26,27)/b8-7-,17-6+/t16-,18-/m1/s1. The van der Waals surface area contributed by atoms with Gasteiger partial charge in [0.05, 0.1) is 11.3 Å². The number of pyridine rings is 1. The lowest BCUT2D eigenvalue weighted by Gasteiger charge is -2.38. The molecule has 154 valence electrons. The summed E-state index contributed by atoms with van der Waals surface area (Å²) in [4.78, 5) is 22.4. The highest BCUT2D eigenvalue weighted by Crippen LogP contribution is 2.29. The van der Waals surface area contributed by atoms with Gasteiger partial charge in [-0.25, -0.2) is 4.98 Å². The number of rotatable bonds is 7. The zero-order valence-corrected chi connectivity index (χ0v) is 17.5. The van der Waals surface area contributed by atoms with Crippen LogP contribution in [0, 0.1) is 0 Å². The van der Waals surface area contributed by atoms with Crippen LogP contribution in [0.15, 0.2) is 54.9 Å². The molecule has 0 spiro atoms. The Morgan fingerprint density at radius 1 is 1.48 bits per heavy atom. The van der Waals surface area contributed by atoms with Crippen LogP contribution in [0.25, 0.3) is 11.0 Å². The van der Waals surface area contributed by atoms with Crippen molar-refractivity contribution in [2.24, 2.45) is 0 Å². The smallest absolute Gasteiger partial charge is 0.254 e. The number of allylic oxidation sites excluding steroid dienone is 3. The first-order chi connectivity index (χ1) is 14.1. The molecule has 0 radical (unpaired) electrons. The molecule has 1 amide bonds. The van der Waals surface area contributed by atoms with Crippen molar-refractivity contribution < 1.29 is 4.79 Å². The highest BCUT2D eigenvalue weighted by Gasteiger charge is 2.27. The maximum Gasteiger partial charge on any atom is 0.254 e. The fourth-order valence-electron chi connectivity index (χ4n) is 3.93. The number of carbonyl (C=O) groups excluding carboxylic acids is 1. The van der Waals surface area contributed by atoms with Gasteiger partial charge in [0.2, 0.25) is 0 Å². The predicted molar refractivity (Wildman–Crippen MR) is 120 cm³/mol. The highest BCUT2D eigenvalue weighted by molar-refractivity contribution is 6.06. The molecule has 1 aliphatic heterocycles. The van der Waals surface area contributed by atoms with Crippen molar-refractivity contribution >= 4 is 22.6 Å². The Kier molecular flexibility index (Phi) is 6.88. The largest absolute Gasteiger partial charge is 0.381 e. The molecular weight excluding hydrogens is 362 g/mol. The fourth-order valence-corrected chi connectivity index (χ4v) is 3.93. The van der Waals surface area contributed by atoms with Crippen molar-refractivity contribution in [3.05, 3.63) is 60.5 Å². The molecule has 3 rings (SSSR count). The van der Waals surface area contributed by atoms with E-state index in [2.05, 4.69) is 58.1 Å². The van der Waals surface area contributed by atoms with E-state index in [9.17, 15) is 4.79 Å². The minimum Gasteiger partial charge on any atom is -0.381 e. The first-order valence-corrected chi connectivity index (χ1v) is 10.2. The van der Waals surface area contributed by atoms with Gasteiger partial charge in [-0.1, -0.05) is 30.9 Å². The molecule has 0 saturated carbocycles. The third-order valence-corrected chi connectivity index (χ3v) is 5.62. The molecule has 6 nitrogen and oxygen atoms in total. The topological polar surface area (TPSA) is 73.1 Å². The van der Waals surface area contributed by atoms with Gasteiger partial charge in [0, 0.05) is 50.0 Å². The van der Waals surface area contributed by atoms with Crippen LogP contribution in [0.3, 0.4) is 0 Å². The average Bonchev–Trinajstić information content (AvgIpc) is 3.21. The summed E-state index contributed by atoms with van der Waals surface area (Å²) in [6.45, 7) is 10.1. The molecule has 3 N–H and O–H groups in total. The van der Waals surface area contributed by atoms with E-state index in [1.807, 2.05) is 24.4 Å². The van der Waals surface area contributed by atoms with Crippen molar-refractivity contribution in [1.82, 2.24) is 20.2 Å². The molecule has 0 aromatic carbocycles. The Hall–Kier alpha value is -2.86. The van der Waals surface area contributed by atoms with E-state index in [1.54, 1.807) is 13.2 Å². The van der Waals surface area contributed by atoms with Crippen LogP contribution in [0.1, 0.15) is 37.0 Å². The normalized spacial score (nSPS) is 20.9. The van der Waals surface area contributed by atoms with Crippen LogP contribution >= 0.6 is 0 Å². The maximum absolute atomic E-state index is 12.4. The molecule has 2 aromatic rings. The quantitative estimate of drug-likeness (QED) is 0.624. The van der Waals surface area contributed by atoms with Crippen molar-refractivity contribution in [2.75, 3.05) is 25.5 Å². The second-order valence-corrected chi connectivity index (χ2v) is 7.51. The van der Waals surface area contributed by atoms with Gasteiger partial charge >= 0.3 is 0 Å². The molecular formula is C23H31N5O. The summed E-state index contributed by atoms with van der Waals surface area (Å²) in [5, 5.41) is 7.33. The van der Waals surface area contributed by atoms with Gasteiger partial charge in [0.15, 0.2) is 0 Å². The van der Waals surface area contributed by atoms with Crippen molar-refractivity contribution in [3.63, 3.8) is 0 Å². The Balaban J connectivity index is 1.73. The molecule has 1 saturated heterocycles. The minimum absolute atomic E-state index is 0.125. The number of carbonyl (C=O) groups is 1. The number of hydrogen-bond acceptors (Lipinski definition) is 4. The highest BCUT2D eigenvalue weighted by atomic mass is 16.1. The van der Waals surface area contributed by atoms with E-state index in [1.165, 1.54) is 5.57 Å². The summed E-state index contributed by atoms with van der Waals surface area (Å²) in [5.74, 6) is -0.125. The molecule has 2 atom stereocenters. The van der Waals surface area contributed by atoms with Crippen LogP contribution in [0.4, 0.5) is 5.69 Å². The predicted octanol–water partition coefficient (Wildman–Crippen LogP) is 3.88. The second-order valence-electron chi connectivity index (χ2n) is 7.51. The lowest BCUT2D eigenvalue weighted by Crippen LogP contribution is -2.45. The second kappa shape index (κ2) is 9.56. The Bertz CT molecular complexity index is 926. The number of fused-ring (bicyclic) bond motifs is 1. The molecule has 0 aliphatic carbocycles. The monoisotopic (exact) mass is 393 g/mol. The number of aromatic nitrogens is 2. The Morgan fingerprint density at radius 2 is 2.31 bits per heavy atom. The lowest BCUT2D eigenvalue weighted by molar-refractivity contribution is 0.0963. The molecule has 6 heteroatoms. The van der Waals surface area contributed by atoms with E-state index in [0.29, 0.717) is 17.6 Å². The third kappa shape index (κ3) is 4.77. The molecule has 0 bridgehead atoms. The summed E-state index contributed by atoms with van der Waals surface area (Å²) >= 11 is 0. The Labute approximate surface area is 172 Å². The van der Waals surface area contributed by atoms with E-state index < -0.39 is 0 Å². The molecule has 2 aromatic heterocycles.